The molecule has 0 bridgehead atoms. The van der Waals surface area contributed by atoms with Gasteiger partial charge >= 0.3 is 0 Å². The van der Waals surface area contributed by atoms with Gasteiger partial charge in [-0.1, -0.05) is 0 Å². The molecule has 0 aromatic heterocycles. The zero-order valence-corrected chi connectivity index (χ0v) is 5.99. The van der Waals surface area contributed by atoms with Crippen molar-refractivity contribution in [2.75, 3.05) is 13.2 Å². The Labute approximate surface area is 60.6 Å². The van der Waals surface area contributed by atoms with Crippen LogP contribution in [0.4, 0.5) is 0 Å². The predicted octanol–water partition coefficient (Wildman–Crippen LogP) is -0.0913. The molecule has 0 saturated carbocycles. The van der Waals surface area contributed by atoms with Crippen molar-refractivity contribution < 1.29 is 14.9 Å². The van der Waals surface area contributed by atoms with Crippen molar-refractivity contribution in [2.24, 2.45) is 0 Å². The Bertz CT molecular complexity index is 94.9. The molecule has 0 aromatic carbocycles. The summed E-state index contributed by atoms with van der Waals surface area (Å²) in [6, 6.07) is 0. The van der Waals surface area contributed by atoms with Gasteiger partial charge in [-0.3, -0.25) is 0 Å². The Morgan fingerprint density at radius 3 is 2.40 bits per heavy atom. The van der Waals surface area contributed by atoms with E-state index in [0.29, 0.717) is 6.42 Å². The topological polar surface area (TPSA) is 49.7 Å². The van der Waals surface area contributed by atoms with Gasteiger partial charge in [0.1, 0.15) is 0 Å². The quantitative estimate of drug-likeness (QED) is 0.585. The normalized spacial score (nSPS) is 33.0. The standard InChI is InChI=1S/C7H14O3/c8-4-3-6-1-2-7(5-9)10-6/h6-9H,1-5H2/t6?,7-/m0/s1. The summed E-state index contributed by atoms with van der Waals surface area (Å²) < 4.78 is 5.34. The summed E-state index contributed by atoms with van der Waals surface area (Å²) in [4.78, 5) is 0. The molecule has 1 aliphatic rings. The maximum Gasteiger partial charge on any atom is 0.0810 e. The van der Waals surface area contributed by atoms with E-state index in [1.54, 1.807) is 0 Å². The Hall–Kier alpha value is -0.120. The van der Waals surface area contributed by atoms with Crippen LogP contribution in [-0.2, 0) is 4.74 Å². The molecule has 1 rings (SSSR count). The van der Waals surface area contributed by atoms with Gasteiger partial charge in [0.25, 0.3) is 0 Å². The van der Waals surface area contributed by atoms with Crippen LogP contribution in [0.3, 0.4) is 0 Å². The van der Waals surface area contributed by atoms with E-state index >= 15 is 0 Å². The van der Waals surface area contributed by atoms with Gasteiger partial charge in [0, 0.05) is 6.61 Å². The molecule has 1 saturated heterocycles. The van der Waals surface area contributed by atoms with E-state index < -0.39 is 0 Å². The molecule has 1 unspecified atom stereocenters. The fourth-order valence-electron chi connectivity index (χ4n) is 1.27. The van der Waals surface area contributed by atoms with Crippen LogP contribution >= 0.6 is 0 Å². The lowest BCUT2D eigenvalue weighted by molar-refractivity contribution is 0.00234. The van der Waals surface area contributed by atoms with Gasteiger partial charge in [-0.05, 0) is 19.3 Å². The highest BCUT2D eigenvalue weighted by Crippen LogP contribution is 2.20. The molecule has 1 aliphatic heterocycles. The molecule has 1 heterocycles. The lowest BCUT2D eigenvalue weighted by Gasteiger charge is -2.09. The number of rotatable bonds is 3. The SMILES string of the molecule is OCCC1CC[C@@H](CO)O1. The summed E-state index contributed by atoms with van der Waals surface area (Å²) in [7, 11) is 0. The van der Waals surface area contributed by atoms with E-state index in [1.807, 2.05) is 0 Å². The lowest BCUT2D eigenvalue weighted by atomic mass is 10.1. The molecule has 0 aliphatic carbocycles. The highest BCUT2D eigenvalue weighted by atomic mass is 16.5. The van der Waals surface area contributed by atoms with E-state index in [0.717, 1.165) is 12.8 Å². The third-order valence-electron chi connectivity index (χ3n) is 1.85. The molecular formula is C7H14O3. The molecule has 60 valence electrons. The highest BCUT2D eigenvalue weighted by molar-refractivity contribution is 4.72. The Morgan fingerprint density at radius 1 is 1.20 bits per heavy atom. The van der Waals surface area contributed by atoms with Crippen molar-refractivity contribution in [2.45, 2.75) is 31.5 Å². The second-order valence-electron chi connectivity index (χ2n) is 2.65. The van der Waals surface area contributed by atoms with Crippen molar-refractivity contribution in [3.63, 3.8) is 0 Å². The van der Waals surface area contributed by atoms with Gasteiger partial charge < -0.3 is 14.9 Å². The first-order valence-corrected chi connectivity index (χ1v) is 3.74. The molecule has 2 atom stereocenters. The molecule has 3 nitrogen and oxygen atoms in total. The summed E-state index contributed by atoms with van der Waals surface area (Å²) >= 11 is 0. The van der Waals surface area contributed by atoms with Gasteiger partial charge in [-0.2, -0.15) is 0 Å². The van der Waals surface area contributed by atoms with Gasteiger partial charge in [0.05, 0.1) is 18.8 Å². The maximum absolute atomic E-state index is 8.66. The monoisotopic (exact) mass is 146 g/mol. The number of aliphatic hydroxyl groups excluding tert-OH is 2. The average molecular weight is 146 g/mol. The second-order valence-corrected chi connectivity index (χ2v) is 2.65. The summed E-state index contributed by atoms with van der Waals surface area (Å²) in [6.45, 7) is 0.296. The molecule has 2 N–H and O–H groups in total. The number of hydrogen-bond acceptors (Lipinski definition) is 3. The highest BCUT2D eigenvalue weighted by Gasteiger charge is 2.23. The summed E-state index contributed by atoms with van der Waals surface area (Å²) in [6.07, 6.45) is 2.82. The van der Waals surface area contributed by atoms with E-state index in [4.69, 9.17) is 14.9 Å². The number of hydrogen-bond donors (Lipinski definition) is 2. The van der Waals surface area contributed by atoms with Crippen LogP contribution in [0.5, 0.6) is 0 Å². The van der Waals surface area contributed by atoms with E-state index in [1.165, 1.54) is 0 Å². The molecule has 0 spiro atoms. The largest absolute Gasteiger partial charge is 0.396 e. The Kier molecular flexibility index (Phi) is 3.12. The van der Waals surface area contributed by atoms with Crippen LogP contribution in [0.2, 0.25) is 0 Å². The number of aliphatic hydroxyl groups is 2. The van der Waals surface area contributed by atoms with Crippen molar-refractivity contribution in [3.05, 3.63) is 0 Å². The van der Waals surface area contributed by atoms with E-state index in [2.05, 4.69) is 0 Å². The summed E-state index contributed by atoms with van der Waals surface area (Å²) in [5.41, 5.74) is 0. The molecule has 0 amide bonds. The molecule has 3 heteroatoms. The molecule has 10 heavy (non-hydrogen) atoms. The van der Waals surface area contributed by atoms with Crippen LogP contribution in [-0.4, -0.2) is 35.6 Å². The zero-order valence-electron chi connectivity index (χ0n) is 5.99. The van der Waals surface area contributed by atoms with Crippen molar-refractivity contribution >= 4 is 0 Å². The fraction of sp³-hybridized carbons (Fsp3) is 1.00. The molecule has 0 aromatic rings. The van der Waals surface area contributed by atoms with Crippen molar-refractivity contribution in [1.29, 1.82) is 0 Å². The van der Waals surface area contributed by atoms with E-state index in [9.17, 15) is 0 Å². The third-order valence-corrected chi connectivity index (χ3v) is 1.85. The van der Waals surface area contributed by atoms with Crippen LogP contribution in [0.15, 0.2) is 0 Å². The molecule has 0 radical (unpaired) electrons. The second kappa shape index (κ2) is 3.91. The van der Waals surface area contributed by atoms with Gasteiger partial charge in [0.15, 0.2) is 0 Å². The third kappa shape index (κ3) is 1.94. The van der Waals surface area contributed by atoms with Crippen LogP contribution < -0.4 is 0 Å². The zero-order chi connectivity index (χ0) is 7.40. The van der Waals surface area contributed by atoms with Crippen LogP contribution in [0, 0.1) is 0 Å². The minimum atomic E-state index is 0.0246. The van der Waals surface area contributed by atoms with Gasteiger partial charge in [-0.15, -0.1) is 0 Å². The van der Waals surface area contributed by atoms with Gasteiger partial charge in [0.2, 0.25) is 0 Å². The smallest absolute Gasteiger partial charge is 0.0810 e. The number of ether oxygens (including phenoxy) is 1. The van der Waals surface area contributed by atoms with Gasteiger partial charge in [-0.25, -0.2) is 0 Å². The first-order valence-electron chi connectivity index (χ1n) is 3.74. The lowest BCUT2D eigenvalue weighted by Crippen LogP contribution is -2.15. The molecule has 1 fully saturated rings. The first kappa shape index (κ1) is 7.98. The predicted molar refractivity (Wildman–Crippen MR) is 36.7 cm³/mol. The Balaban J connectivity index is 2.15. The van der Waals surface area contributed by atoms with Crippen LogP contribution in [0.1, 0.15) is 19.3 Å². The summed E-state index contributed by atoms with van der Waals surface area (Å²) in [5.74, 6) is 0. The molecular weight excluding hydrogens is 132 g/mol. The maximum atomic E-state index is 8.66. The van der Waals surface area contributed by atoms with Crippen LogP contribution in [0.25, 0.3) is 0 Å². The summed E-state index contributed by atoms with van der Waals surface area (Å²) in [5, 5.41) is 17.2. The van der Waals surface area contributed by atoms with E-state index in [-0.39, 0.29) is 25.4 Å². The average Bonchev–Trinajstić information content (AvgIpc) is 2.37. The minimum Gasteiger partial charge on any atom is -0.396 e. The van der Waals surface area contributed by atoms with Crippen molar-refractivity contribution in [3.8, 4) is 0 Å². The Morgan fingerprint density at radius 2 is 1.90 bits per heavy atom. The first-order chi connectivity index (χ1) is 4.86. The van der Waals surface area contributed by atoms with Crippen molar-refractivity contribution in [1.82, 2.24) is 0 Å². The minimum absolute atomic E-state index is 0.0246. The fourth-order valence-corrected chi connectivity index (χ4v) is 1.27.